The Kier molecular flexibility index (Phi) is 3.69. The Balaban J connectivity index is 1.70. The van der Waals surface area contributed by atoms with Gasteiger partial charge in [-0.25, -0.2) is 0 Å². The molecule has 4 heteroatoms. The number of hydrogen-bond acceptors (Lipinski definition) is 4. The van der Waals surface area contributed by atoms with Crippen LogP contribution < -0.4 is 14.2 Å². The summed E-state index contributed by atoms with van der Waals surface area (Å²) in [6.07, 6.45) is 4.62. The van der Waals surface area contributed by atoms with Gasteiger partial charge < -0.3 is 19.3 Å². The van der Waals surface area contributed by atoms with Crippen LogP contribution in [0.1, 0.15) is 11.1 Å². The first-order chi connectivity index (χ1) is 10.3. The molecule has 21 heavy (non-hydrogen) atoms. The van der Waals surface area contributed by atoms with E-state index in [1.54, 1.807) is 13.2 Å². The fourth-order valence-corrected chi connectivity index (χ4v) is 2.17. The molecule has 0 spiro atoms. The van der Waals surface area contributed by atoms with E-state index >= 15 is 0 Å². The van der Waals surface area contributed by atoms with Gasteiger partial charge in [0, 0.05) is 11.6 Å². The van der Waals surface area contributed by atoms with Crippen LogP contribution in [0.3, 0.4) is 0 Å². The molecule has 2 aromatic carbocycles. The second-order valence-corrected chi connectivity index (χ2v) is 4.71. The lowest BCUT2D eigenvalue weighted by Crippen LogP contribution is -1.92. The number of methoxy groups -OCH3 is 1. The molecular weight excluding hydrogens is 268 g/mol. The van der Waals surface area contributed by atoms with E-state index in [0.717, 1.165) is 16.9 Å². The summed E-state index contributed by atoms with van der Waals surface area (Å²) in [5, 5.41) is 9.95. The first-order valence-electron chi connectivity index (χ1n) is 6.68. The second-order valence-electron chi connectivity index (χ2n) is 4.71. The van der Waals surface area contributed by atoms with Crippen molar-refractivity contribution in [2.75, 3.05) is 13.9 Å². The highest BCUT2D eigenvalue weighted by molar-refractivity contribution is 5.54. The number of ether oxygens (including phenoxy) is 3. The fourth-order valence-electron chi connectivity index (χ4n) is 2.17. The van der Waals surface area contributed by atoms with Crippen LogP contribution in [-0.4, -0.2) is 19.0 Å². The van der Waals surface area contributed by atoms with E-state index in [-0.39, 0.29) is 12.5 Å². The number of phenols is 1. The molecule has 1 aliphatic heterocycles. The van der Waals surface area contributed by atoms with Gasteiger partial charge in [-0.1, -0.05) is 24.3 Å². The molecule has 0 atom stereocenters. The zero-order chi connectivity index (χ0) is 14.7. The SMILES string of the molecule is COc1ccc(/C=C\Cc2cc3c(cc2O)OCO3)cc1. The van der Waals surface area contributed by atoms with Crippen molar-refractivity contribution >= 4 is 6.08 Å². The summed E-state index contributed by atoms with van der Waals surface area (Å²) >= 11 is 0. The van der Waals surface area contributed by atoms with Crippen molar-refractivity contribution < 1.29 is 19.3 Å². The number of hydrogen-bond donors (Lipinski definition) is 1. The van der Waals surface area contributed by atoms with Gasteiger partial charge in [-0.15, -0.1) is 0 Å². The average Bonchev–Trinajstić information content (AvgIpc) is 2.95. The quantitative estimate of drug-likeness (QED) is 0.935. The number of fused-ring (bicyclic) bond motifs is 1. The van der Waals surface area contributed by atoms with E-state index in [1.165, 1.54) is 0 Å². The lowest BCUT2D eigenvalue weighted by atomic mass is 10.1. The van der Waals surface area contributed by atoms with Crippen molar-refractivity contribution in [1.29, 1.82) is 0 Å². The third-order valence-electron chi connectivity index (χ3n) is 3.34. The van der Waals surface area contributed by atoms with Crippen LogP contribution in [0.4, 0.5) is 0 Å². The Morgan fingerprint density at radius 2 is 1.86 bits per heavy atom. The molecule has 4 nitrogen and oxygen atoms in total. The molecule has 108 valence electrons. The van der Waals surface area contributed by atoms with Crippen molar-refractivity contribution in [1.82, 2.24) is 0 Å². The van der Waals surface area contributed by atoms with Gasteiger partial charge in [-0.3, -0.25) is 0 Å². The van der Waals surface area contributed by atoms with Gasteiger partial charge in [-0.05, 0) is 30.2 Å². The summed E-state index contributed by atoms with van der Waals surface area (Å²) in [6, 6.07) is 11.2. The van der Waals surface area contributed by atoms with E-state index in [4.69, 9.17) is 14.2 Å². The maximum Gasteiger partial charge on any atom is 0.231 e. The van der Waals surface area contributed by atoms with Gasteiger partial charge >= 0.3 is 0 Å². The predicted molar refractivity (Wildman–Crippen MR) is 80.0 cm³/mol. The summed E-state index contributed by atoms with van der Waals surface area (Å²) in [5.74, 6) is 2.33. The second kappa shape index (κ2) is 5.79. The highest BCUT2D eigenvalue weighted by Gasteiger charge is 2.16. The third kappa shape index (κ3) is 2.94. The monoisotopic (exact) mass is 284 g/mol. The Labute approximate surface area is 123 Å². The van der Waals surface area contributed by atoms with Crippen LogP contribution in [0.5, 0.6) is 23.0 Å². The molecule has 0 aromatic heterocycles. The Hall–Kier alpha value is -2.62. The van der Waals surface area contributed by atoms with Crippen LogP contribution in [0.25, 0.3) is 6.08 Å². The molecule has 0 radical (unpaired) electrons. The van der Waals surface area contributed by atoms with Crippen LogP contribution in [0.2, 0.25) is 0 Å². The van der Waals surface area contributed by atoms with Crippen molar-refractivity contribution in [2.45, 2.75) is 6.42 Å². The normalized spacial score (nSPS) is 12.8. The predicted octanol–water partition coefficient (Wildman–Crippen LogP) is 3.39. The molecule has 0 saturated heterocycles. The lowest BCUT2D eigenvalue weighted by Gasteiger charge is -2.04. The van der Waals surface area contributed by atoms with E-state index in [1.807, 2.05) is 42.5 Å². The van der Waals surface area contributed by atoms with E-state index < -0.39 is 0 Å². The molecule has 0 fully saturated rings. The minimum absolute atomic E-state index is 0.208. The van der Waals surface area contributed by atoms with Gasteiger partial charge in [0.15, 0.2) is 11.5 Å². The Bertz CT molecular complexity index is 659. The van der Waals surface area contributed by atoms with E-state index in [9.17, 15) is 5.11 Å². The number of allylic oxidation sites excluding steroid dienone is 1. The molecule has 2 aromatic rings. The molecule has 3 rings (SSSR count). The first-order valence-corrected chi connectivity index (χ1v) is 6.68. The summed E-state index contributed by atoms with van der Waals surface area (Å²) in [5.41, 5.74) is 1.89. The van der Waals surface area contributed by atoms with Crippen molar-refractivity contribution in [3.63, 3.8) is 0 Å². The molecule has 1 heterocycles. The summed E-state index contributed by atoms with van der Waals surface area (Å²) in [4.78, 5) is 0. The van der Waals surface area contributed by atoms with Crippen molar-refractivity contribution in [3.8, 4) is 23.0 Å². The summed E-state index contributed by atoms with van der Waals surface area (Å²) < 4.78 is 15.6. The van der Waals surface area contributed by atoms with Gasteiger partial charge in [-0.2, -0.15) is 0 Å². The topological polar surface area (TPSA) is 47.9 Å². The van der Waals surface area contributed by atoms with Crippen LogP contribution in [-0.2, 0) is 6.42 Å². The number of phenolic OH excluding ortho intramolecular Hbond substituents is 1. The molecule has 1 N–H and O–H groups in total. The summed E-state index contributed by atoms with van der Waals surface area (Å²) in [7, 11) is 1.65. The fraction of sp³-hybridized carbons (Fsp3) is 0.176. The molecular formula is C17H16O4. The summed E-state index contributed by atoms with van der Waals surface area (Å²) in [6.45, 7) is 0.208. The standard InChI is InChI=1S/C17H16O4/c1-19-14-7-5-12(6-8-14)3-2-4-13-9-16-17(10-15(13)18)21-11-20-16/h2-3,5-10,18H,4,11H2,1H3/b3-2-. The van der Waals surface area contributed by atoms with Gasteiger partial charge in [0.2, 0.25) is 6.79 Å². The smallest absolute Gasteiger partial charge is 0.231 e. The number of benzene rings is 2. The first kappa shape index (κ1) is 13.4. The van der Waals surface area contributed by atoms with Crippen LogP contribution in [0, 0.1) is 0 Å². The third-order valence-corrected chi connectivity index (χ3v) is 3.34. The maximum atomic E-state index is 9.95. The molecule has 1 aliphatic rings. The van der Waals surface area contributed by atoms with Crippen LogP contribution >= 0.6 is 0 Å². The van der Waals surface area contributed by atoms with Crippen LogP contribution in [0.15, 0.2) is 42.5 Å². The van der Waals surface area contributed by atoms with Gasteiger partial charge in [0.1, 0.15) is 11.5 Å². The minimum Gasteiger partial charge on any atom is -0.508 e. The Morgan fingerprint density at radius 3 is 2.57 bits per heavy atom. The maximum absolute atomic E-state index is 9.95. The van der Waals surface area contributed by atoms with Gasteiger partial charge in [0.05, 0.1) is 7.11 Å². The van der Waals surface area contributed by atoms with Crippen molar-refractivity contribution in [3.05, 3.63) is 53.6 Å². The minimum atomic E-state index is 0.208. The zero-order valence-electron chi connectivity index (χ0n) is 11.7. The van der Waals surface area contributed by atoms with Crippen molar-refractivity contribution in [2.24, 2.45) is 0 Å². The molecule has 0 amide bonds. The Morgan fingerprint density at radius 1 is 1.14 bits per heavy atom. The molecule has 0 unspecified atom stereocenters. The molecule has 0 aliphatic carbocycles. The van der Waals surface area contributed by atoms with Gasteiger partial charge in [0.25, 0.3) is 0 Å². The lowest BCUT2D eigenvalue weighted by molar-refractivity contribution is 0.174. The average molecular weight is 284 g/mol. The number of rotatable bonds is 4. The van der Waals surface area contributed by atoms with E-state index in [0.29, 0.717) is 17.9 Å². The van der Waals surface area contributed by atoms with E-state index in [2.05, 4.69) is 0 Å². The molecule has 0 saturated carbocycles. The molecule has 0 bridgehead atoms. The number of aromatic hydroxyl groups is 1. The highest BCUT2D eigenvalue weighted by atomic mass is 16.7. The highest BCUT2D eigenvalue weighted by Crippen LogP contribution is 2.37. The zero-order valence-corrected chi connectivity index (χ0v) is 11.7. The largest absolute Gasteiger partial charge is 0.508 e.